The zero-order chi connectivity index (χ0) is 10.9. The SMILES string of the molecule is CC(C)Cn1nccc1C1(CN)CCC1. The van der Waals surface area contributed by atoms with Gasteiger partial charge in [0.25, 0.3) is 0 Å². The van der Waals surface area contributed by atoms with Gasteiger partial charge in [0, 0.05) is 30.4 Å². The zero-order valence-electron chi connectivity index (χ0n) is 9.74. The molecule has 0 bridgehead atoms. The Balaban J connectivity index is 2.23. The molecule has 0 atom stereocenters. The van der Waals surface area contributed by atoms with Crippen molar-refractivity contribution in [1.29, 1.82) is 0 Å². The number of aromatic nitrogens is 2. The first kappa shape index (κ1) is 10.7. The van der Waals surface area contributed by atoms with Gasteiger partial charge in [-0.15, -0.1) is 0 Å². The molecule has 1 saturated carbocycles. The minimum absolute atomic E-state index is 0.241. The molecule has 2 rings (SSSR count). The van der Waals surface area contributed by atoms with Gasteiger partial charge in [0.05, 0.1) is 0 Å². The maximum absolute atomic E-state index is 5.92. The molecule has 0 aliphatic heterocycles. The molecule has 1 aliphatic rings. The van der Waals surface area contributed by atoms with Gasteiger partial charge in [0.1, 0.15) is 0 Å². The van der Waals surface area contributed by atoms with Gasteiger partial charge in [-0.25, -0.2) is 0 Å². The van der Waals surface area contributed by atoms with E-state index in [9.17, 15) is 0 Å². The van der Waals surface area contributed by atoms with E-state index in [1.54, 1.807) is 0 Å². The van der Waals surface area contributed by atoms with E-state index in [1.165, 1.54) is 25.0 Å². The Morgan fingerprint density at radius 1 is 1.53 bits per heavy atom. The molecule has 1 aromatic heterocycles. The summed E-state index contributed by atoms with van der Waals surface area (Å²) < 4.78 is 2.15. The second-order valence-corrected chi connectivity index (χ2v) is 5.13. The van der Waals surface area contributed by atoms with Crippen molar-refractivity contribution in [2.75, 3.05) is 6.54 Å². The van der Waals surface area contributed by atoms with Crippen LogP contribution < -0.4 is 5.73 Å². The third-order valence-corrected chi connectivity index (χ3v) is 3.50. The smallest absolute Gasteiger partial charge is 0.0492 e. The lowest BCUT2D eigenvalue weighted by atomic mass is 9.66. The van der Waals surface area contributed by atoms with Gasteiger partial charge in [0.2, 0.25) is 0 Å². The summed E-state index contributed by atoms with van der Waals surface area (Å²) in [6.45, 7) is 6.21. The Morgan fingerprint density at radius 2 is 2.27 bits per heavy atom. The number of rotatable bonds is 4. The standard InChI is InChI=1S/C12H21N3/c1-10(2)8-15-11(4-7-14-15)12(9-13)5-3-6-12/h4,7,10H,3,5-6,8-9,13H2,1-2H3. The van der Waals surface area contributed by atoms with E-state index >= 15 is 0 Å². The maximum Gasteiger partial charge on any atom is 0.0492 e. The third-order valence-electron chi connectivity index (χ3n) is 3.50. The summed E-state index contributed by atoms with van der Waals surface area (Å²) in [5, 5.41) is 4.41. The highest BCUT2D eigenvalue weighted by Gasteiger charge is 2.39. The van der Waals surface area contributed by atoms with Crippen molar-refractivity contribution in [3.63, 3.8) is 0 Å². The predicted octanol–water partition coefficient (Wildman–Crippen LogP) is 1.92. The number of hydrogen-bond acceptors (Lipinski definition) is 2. The van der Waals surface area contributed by atoms with E-state index in [-0.39, 0.29) is 5.41 Å². The van der Waals surface area contributed by atoms with Crippen molar-refractivity contribution in [2.45, 2.75) is 45.1 Å². The Bertz CT molecular complexity index is 318. The molecule has 0 spiro atoms. The highest BCUT2D eigenvalue weighted by molar-refractivity contribution is 5.21. The van der Waals surface area contributed by atoms with Crippen LogP contribution in [0.25, 0.3) is 0 Å². The van der Waals surface area contributed by atoms with Crippen LogP contribution in [-0.2, 0) is 12.0 Å². The Hall–Kier alpha value is -0.830. The highest BCUT2D eigenvalue weighted by Crippen LogP contribution is 2.42. The Labute approximate surface area is 91.7 Å². The molecule has 1 heterocycles. The molecule has 1 fully saturated rings. The molecule has 3 heteroatoms. The van der Waals surface area contributed by atoms with Crippen molar-refractivity contribution in [2.24, 2.45) is 11.7 Å². The van der Waals surface area contributed by atoms with Gasteiger partial charge >= 0.3 is 0 Å². The average Bonchev–Trinajstić information content (AvgIpc) is 2.52. The van der Waals surface area contributed by atoms with Gasteiger partial charge in [-0.05, 0) is 24.8 Å². The van der Waals surface area contributed by atoms with Crippen LogP contribution in [0.4, 0.5) is 0 Å². The fourth-order valence-corrected chi connectivity index (χ4v) is 2.44. The summed E-state index contributed by atoms with van der Waals surface area (Å²) >= 11 is 0. The van der Waals surface area contributed by atoms with Gasteiger partial charge in [0.15, 0.2) is 0 Å². The number of hydrogen-bond donors (Lipinski definition) is 1. The molecule has 15 heavy (non-hydrogen) atoms. The molecule has 1 aromatic rings. The molecular formula is C12H21N3. The topological polar surface area (TPSA) is 43.8 Å². The van der Waals surface area contributed by atoms with Crippen LogP contribution in [0.3, 0.4) is 0 Å². The summed E-state index contributed by atoms with van der Waals surface area (Å²) in [7, 11) is 0. The van der Waals surface area contributed by atoms with Gasteiger partial charge in [-0.2, -0.15) is 5.10 Å². The van der Waals surface area contributed by atoms with E-state index in [0.29, 0.717) is 5.92 Å². The molecule has 0 unspecified atom stereocenters. The van der Waals surface area contributed by atoms with E-state index in [1.807, 2.05) is 6.20 Å². The molecule has 0 amide bonds. The maximum atomic E-state index is 5.92. The van der Waals surface area contributed by atoms with Crippen LogP contribution in [0.1, 0.15) is 38.8 Å². The monoisotopic (exact) mass is 207 g/mol. The summed E-state index contributed by atoms with van der Waals surface area (Å²) in [5.41, 5.74) is 7.51. The van der Waals surface area contributed by atoms with Crippen molar-refractivity contribution >= 4 is 0 Å². The fourth-order valence-electron chi connectivity index (χ4n) is 2.44. The number of nitrogens with zero attached hydrogens (tertiary/aromatic N) is 2. The summed E-state index contributed by atoms with van der Waals surface area (Å²) in [6.07, 6.45) is 5.68. The summed E-state index contributed by atoms with van der Waals surface area (Å²) in [6, 6.07) is 2.15. The first-order valence-electron chi connectivity index (χ1n) is 5.90. The quantitative estimate of drug-likeness (QED) is 0.819. The lowest BCUT2D eigenvalue weighted by Gasteiger charge is -2.41. The molecular weight excluding hydrogens is 186 g/mol. The van der Waals surface area contributed by atoms with Gasteiger partial charge in [-0.1, -0.05) is 20.3 Å². The van der Waals surface area contributed by atoms with Crippen molar-refractivity contribution in [3.8, 4) is 0 Å². The van der Waals surface area contributed by atoms with Crippen LogP contribution >= 0.6 is 0 Å². The van der Waals surface area contributed by atoms with Crippen molar-refractivity contribution in [3.05, 3.63) is 18.0 Å². The minimum atomic E-state index is 0.241. The lowest BCUT2D eigenvalue weighted by Crippen LogP contribution is -2.43. The molecule has 84 valence electrons. The second-order valence-electron chi connectivity index (χ2n) is 5.13. The molecule has 0 aromatic carbocycles. The fraction of sp³-hybridized carbons (Fsp3) is 0.750. The average molecular weight is 207 g/mol. The first-order valence-corrected chi connectivity index (χ1v) is 5.90. The Kier molecular flexibility index (Phi) is 2.83. The molecule has 1 aliphatic carbocycles. The van der Waals surface area contributed by atoms with E-state index < -0.39 is 0 Å². The van der Waals surface area contributed by atoms with Crippen LogP contribution in [-0.4, -0.2) is 16.3 Å². The zero-order valence-corrected chi connectivity index (χ0v) is 9.74. The van der Waals surface area contributed by atoms with Crippen molar-refractivity contribution < 1.29 is 0 Å². The predicted molar refractivity (Wildman–Crippen MR) is 61.6 cm³/mol. The normalized spacial score (nSPS) is 19.2. The first-order chi connectivity index (χ1) is 7.18. The highest BCUT2D eigenvalue weighted by atomic mass is 15.3. The van der Waals surface area contributed by atoms with Gasteiger partial charge < -0.3 is 5.73 Å². The Morgan fingerprint density at radius 3 is 2.73 bits per heavy atom. The molecule has 3 nitrogen and oxygen atoms in total. The number of nitrogens with two attached hydrogens (primary N) is 1. The van der Waals surface area contributed by atoms with Crippen LogP contribution in [0.5, 0.6) is 0 Å². The van der Waals surface area contributed by atoms with Crippen LogP contribution in [0.2, 0.25) is 0 Å². The molecule has 0 radical (unpaired) electrons. The molecule has 2 N–H and O–H groups in total. The van der Waals surface area contributed by atoms with Gasteiger partial charge in [-0.3, -0.25) is 4.68 Å². The third kappa shape index (κ3) is 1.81. The van der Waals surface area contributed by atoms with E-state index in [0.717, 1.165) is 13.1 Å². The summed E-state index contributed by atoms with van der Waals surface area (Å²) in [4.78, 5) is 0. The van der Waals surface area contributed by atoms with Crippen molar-refractivity contribution in [1.82, 2.24) is 9.78 Å². The minimum Gasteiger partial charge on any atom is -0.330 e. The molecule has 0 saturated heterocycles. The van der Waals surface area contributed by atoms with E-state index in [4.69, 9.17) is 5.73 Å². The lowest BCUT2D eigenvalue weighted by molar-refractivity contribution is 0.230. The van der Waals surface area contributed by atoms with Crippen LogP contribution in [0, 0.1) is 5.92 Å². The van der Waals surface area contributed by atoms with Crippen LogP contribution in [0.15, 0.2) is 12.3 Å². The van der Waals surface area contributed by atoms with E-state index in [2.05, 4.69) is 29.7 Å². The largest absolute Gasteiger partial charge is 0.330 e. The second kappa shape index (κ2) is 3.97. The summed E-state index contributed by atoms with van der Waals surface area (Å²) in [5.74, 6) is 0.638.